The van der Waals surface area contributed by atoms with E-state index in [0.717, 1.165) is 0 Å². The molecule has 0 aromatic heterocycles. The molecule has 2 aromatic rings. The fourth-order valence-corrected chi connectivity index (χ4v) is 2.99. The molecule has 20 heavy (non-hydrogen) atoms. The number of benzene rings is 2. The number of hydrogen-bond acceptors (Lipinski definition) is 3. The third-order valence-corrected chi connectivity index (χ3v) is 4.67. The van der Waals surface area contributed by atoms with Crippen LogP contribution in [0.1, 0.15) is 5.56 Å². The lowest BCUT2D eigenvalue weighted by Crippen LogP contribution is -2.03. The summed E-state index contributed by atoms with van der Waals surface area (Å²) in [6, 6.07) is 16.3. The van der Waals surface area contributed by atoms with Crippen molar-refractivity contribution in [3.63, 3.8) is 0 Å². The van der Waals surface area contributed by atoms with E-state index in [4.69, 9.17) is 16.9 Å². The van der Waals surface area contributed by atoms with Gasteiger partial charge in [0.25, 0.3) is 0 Å². The van der Waals surface area contributed by atoms with Crippen molar-refractivity contribution in [1.82, 2.24) is 0 Å². The van der Waals surface area contributed by atoms with E-state index in [1.807, 2.05) is 0 Å². The van der Waals surface area contributed by atoms with Gasteiger partial charge in [-0.1, -0.05) is 48.0 Å². The summed E-state index contributed by atoms with van der Waals surface area (Å²) < 4.78 is 24.7. The number of hydrogen-bond donors (Lipinski definition) is 0. The first-order valence-electron chi connectivity index (χ1n) is 5.72. The second kappa shape index (κ2) is 5.91. The van der Waals surface area contributed by atoms with Crippen molar-refractivity contribution in [2.75, 3.05) is 0 Å². The Hall–Kier alpha value is -2.09. The van der Waals surface area contributed by atoms with Gasteiger partial charge in [-0.05, 0) is 29.8 Å². The molecule has 2 aromatic carbocycles. The smallest absolute Gasteiger partial charge is 0.216 e. The Morgan fingerprint density at radius 1 is 1.05 bits per heavy atom. The topological polar surface area (TPSA) is 57.9 Å². The summed E-state index contributed by atoms with van der Waals surface area (Å²) in [6.45, 7) is 0. The van der Waals surface area contributed by atoms with Crippen LogP contribution in [0.25, 0.3) is 6.08 Å². The number of sulfone groups is 1. The highest BCUT2D eigenvalue weighted by molar-refractivity contribution is 7.95. The fourth-order valence-electron chi connectivity index (χ4n) is 1.63. The van der Waals surface area contributed by atoms with Gasteiger partial charge in [-0.3, -0.25) is 0 Å². The number of nitrogens with zero attached hydrogens (tertiary/aromatic N) is 1. The van der Waals surface area contributed by atoms with Crippen LogP contribution < -0.4 is 0 Å². The van der Waals surface area contributed by atoms with Crippen LogP contribution in [-0.2, 0) is 9.84 Å². The Bertz CT molecular complexity index is 790. The predicted molar refractivity (Wildman–Crippen MR) is 78.7 cm³/mol. The average molecular weight is 304 g/mol. The molecule has 2 rings (SSSR count). The summed E-state index contributed by atoms with van der Waals surface area (Å²) in [5.74, 6) is 0. The lowest BCUT2D eigenvalue weighted by Gasteiger charge is -2.03. The Morgan fingerprint density at radius 3 is 2.25 bits per heavy atom. The molecular formula is C15H10ClNO2S. The van der Waals surface area contributed by atoms with Crippen molar-refractivity contribution in [3.8, 4) is 6.07 Å². The largest absolute Gasteiger partial charge is 0.218 e. The molecule has 0 fully saturated rings. The molecular weight excluding hydrogens is 294 g/mol. The molecule has 5 heteroatoms. The molecule has 0 bridgehead atoms. The monoisotopic (exact) mass is 303 g/mol. The van der Waals surface area contributed by atoms with Crippen LogP contribution in [0.3, 0.4) is 0 Å². The average Bonchev–Trinajstić information content (AvgIpc) is 2.47. The van der Waals surface area contributed by atoms with Gasteiger partial charge in [0, 0.05) is 5.02 Å². The lowest BCUT2D eigenvalue weighted by atomic mass is 10.2. The first kappa shape index (κ1) is 14.3. The molecule has 0 aliphatic heterocycles. The van der Waals surface area contributed by atoms with Gasteiger partial charge >= 0.3 is 0 Å². The molecule has 3 nitrogen and oxygen atoms in total. The highest BCUT2D eigenvalue weighted by Crippen LogP contribution is 2.24. The highest BCUT2D eigenvalue weighted by atomic mass is 35.5. The van der Waals surface area contributed by atoms with Crippen LogP contribution in [0.5, 0.6) is 0 Å². The lowest BCUT2D eigenvalue weighted by molar-refractivity contribution is 0.603. The third kappa shape index (κ3) is 2.90. The zero-order chi connectivity index (χ0) is 14.6. The Labute approximate surface area is 122 Å². The minimum atomic E-state index is -3.82. The van der Waals surface area contributed by atoms with Crippen molar-refractivity contribution in [3.05, 3.63) is 70.1 Å². The molecule has 0 atom stereocenters. The van der Waals surface area contributed by atoms with Gasteiger partial charge in [0.15, 0.2) is 0 Å². The zero-order valence-electron chi connectivity index (χ0n) is 10.3. The van der Waals surface area contributed by atoms with Gasteiger partial charge < -0.3 is 0 Å². The predicted octanol–water partition coefficient (Wildman–Crippen LogP) is 3.68. The van der Waals surface area contributed by atoms with Gasteiger partial charge in [-0.15, -0.1) is 0 Å². The molecule has 0 amide bonds. The Kier molecular flexibility index (Phi) is 4.23. The zero-order valence-corrected chi connectivity index (χ0v) is 11.9. The summed E-state index contributed by atoms with van der Waals surface area (Å²) in [6.07, 6.45) is 1.28. The van der Waals surface area contributed by atoms with Crippen molar-refractivity contribution in [2.24, 2.45) is 0 Å². The van der Waals surface area contributed by atoms with E-state index in [0.29, 0.717) is 10.6 Å². The van der Waals surface area contributed by atoms with Crippen LogP contribution in [0.4, 0.5) is 0 Å². The molecule has 0 unspecified atom stereocenters. The molecule has 0 spiro atoms. The Morgan fingerprint density at radius 2 is 1.65 bits per heavy atom. The van der Waals surface area contributed by atoms with E-state index in [1.54, 1.807) is 48.5 Å². The quantitative estimate of drug-likeness (QED) is 0.813. The second-order valence-electron chi connectivity index (χ2n) is 3.96. The van der Waals surface area contributed by atoms with Gasteiger partial charge in [0.2, 0.25) is 9.84 Å². The summed E-state index contributed by atoms with van der Waals surface area (Å²) in [5.41, 5.74) is 0.491. The van der Waals surface area contributed by atoms with E-state index in [9.17, 15) is 8.42 Å². The number of nitriles is 1. The van der Waals surface area contributed by atoms with Gasteiger partial charge in [-0.25, -0.2) is 8.42 Å². The van der Waals surface area contributed by atoms with E-state index in [-0.39, 0.29) is 9.80 Å². The van der Waals surface area contributed by atoms with E-state index < -0.39 is 9.84 Å². The molecule has 0 saturated carbocycles. The second-order valence-corrected chi connectivity index (χ2v) is 6.28. The first-order valence-corrected chi connectivity index (χ1v) is 7.58. The maximum Gasteiger partial charge on any atom is 0.216 e. The van der Waals surface area contributed by atoms with Crippen molar-refractivity contribution < 1.29 is 8.42 Å². The maximum atomic E-state index is 12.3. The van der Waals surface area contributed by atoms with Crippen molar-refractivity contribution in [1.29, 1.82) is 5.26 Å². The van der Waals surface area contributed by atoms with Crippen LogP contribution in [0, 0.1) is 11.3 Å². The van der Waals surface area contributed by atoms with Crippen LogP contribution in [0.15, 0.2) is 64.4 Å². The minimum absolute atomic E-state index is 0.0832. The van der Waals surface area contributed by atoms with Crippen molar-refractivity contribution >= 4 is 27.5 Å². The van der Waals surface area contributed by atoms with E-state index in [2.05, 4.69) is 0 Å². The highest BCUT2D eigenvalue weighted by Gasteiger charge is 2.20. The standard InChI is InChI=1S/C15H10ClNO2S/c16-15-9-5-4-6-12(15)10-14(11-17)20(18,19)13-7-2-1-3-8-13/h1-10H/b14-10+. The molecule has 0 heterocycles. The van der Waals surface area contributed by atoms with Gasteiger partial charge in [0.05, 0.1) is 4.90 Å². The molecule has 0 saturated heterocycles. The summed E-state index contributed by atoms with van der Waals surface area (Å²) >= 11 is 5.97. The molecule has 0 N–H and O–H groups in total. The van der Waals surface area contributed by atoms with Crippen molar-refractivity contribution in [2.45, 2.75) is 4.90 Å². The summed E-state index contributed by atoms with van der Waals surface area (Å²) in [4.78, 5) is -0.253. The minimum Gasteiger partial charge on any atom is -0.218 e. The van der Waals surface area contributed by atoms with Crippen LogP contribution >= 0.6 is 11.6 Å². The van der Waals surface area contributed by atoms with Gasteiger partial charge in [0.1, 0.15) is 11.0 Å². The third-order valence-electron chi connectivity index (χ3n) is 2.65. The first-order chi connectivity index (χ1) is 9.55. The Balaban J connectivity index is 2.55. The molecule has 0 aliphatic carbocycles. The summed E-state index contributed by atoms with van der Waals surface area (Å²) in [5, 5.41) is 9.53. The van der Waals surface area contributed by atoms with E-state index >= 15 is 0 Å². The SMILES string of the molecule is N#C/C(=C\c1ccccc1Cl)S(=O)(=O)c1ccccc1. The van der Waals surface area contributed by atoms with Crippen LogP contribution in [-0.4, -0.2) is 8.42 Å². The number of halogens is 1. The maximum absolute atomic E-state index is 12.3. The molecule has 0 radical (unpaired) electrons. The molecule has 100 valence electrons. The van der Waals surface area contributed by atoms with Crippen LogP contribution in [0.2, 0.25) is 5.02 Å². The number of rotatable bonds is 3. The van der Waals surface area contributed by atoms with Gasteiger partial charge in [-0.2, -0.15) is 5.26 Å². The normalized spacial score (nSPS) is 11.9. The molecule has 0 aliphatic rings. The summed E-state index contributed by atoms with van der Waals surface area (Å²) in [7, 11) is -3.82. The number of allylic oxidation sites excluding steroid dienone is 1. The fraction of sp³-hybridized carbons (Fsp3) is 0. The van der Waals surface area contributed by atoms with E-state index in [1.165, 1.54) is 18.2 Å².